The molecule has 25 heavy (non-hydrogen) atoms. The Bertz CT molecular complexity index is 688. The molecular formula is C19H27N5O. The van der Waals surface area contributed by atoms with Crippen molar-refractivity contribution in [2.75, 3.05) is 11.9 Å². The van der Waals surface area contributed by atoms with Crippen molar-refractivity contribution in [2.45, 2.75) is 58.0 Å². The second-order valence-corrected chi connectivity index (χ2v) is 6.95. The van der Waals surface area contributed by atoms with Crippen LogP contribution in [0.5, 0.6) is 0 Å². The molecule has 0 saturated heterocycles. The van der Waals surface area contributed by atoms with E-state index in [9.17, 15) is 4.79 Å². The number of pyridine rings is 1. The van der Waals surface area contributed by atoms with Crippen LogP contribution in [-0.2, 0) is 6.54 Å². The van der Waals surface area contributed by atoms with Gasteiger partial charge >= 0.3 is 0 Å². The molecule has 0 aliphatic heterocycles. The largest absolute Gasteiger partial charge is 0.367 e. The van der Waals surface area contributed by atoms with E-state index in [4.69, 9.17) is 0 Å². The van der Waals surface area contributed by atoms with E-state index in [1.54, 1.807) is 6.20 Å². The molecule has 6 nitrogen and oxygen atoms in total. The lowest BCUT2D eigenvalue weighted by Gasteiger charge is -2.26. The number of carbonyl (C=O) groups excluding carboxylic acids is 1. The Balaban J connectivity index is 1.42. The number of nitrogens with zero attached hydrogens (tertiary/aromatic N) is 3. The van der Waals surface area contributed by atoms with Crippen molar-refractivity contribution in [3.05, 3.63) is 42.1 Å². The van der Waals surface area contributed by atoms with Crippen LogP contribution in [0.15, 0.2) is 30.7 Å². The first-order valence-electron chi connectivity index (χ1n) is 9.15. The highest BCUT2D eigenvalue weighted by Gasteiger charge is 2.17. The third-order valence-corrected chi connectivity index (χ3v) is 4.61. The lowest BCUT2D eigenvalue weighted by molar-refractivity contribution is 0.0952. The molecule has 0 aromatic carbocycles. The van der Waals surface area contributed by atoms with Crippen molar-refractivity contribution in [2.24, 2.45) is 0 Å². The number of hydrogen-bond donors (Lipinski definition) is 2. The summed E-state index contributed by atoms with van der Waals surface area (Å²) in [6.45, 7) is 5.76. The second kappa shape index (κ2) is 8.14. The molecule has 2 aromatic heterocycles. The molecule has 134 valence electrons. The van der Waals surface area contributed by atoms with Gasteiger partial charge in [-0.05, 0) is 37.8 Å². The van der Waals surface area contributed by atoms with Crippen molar-refractivity contribution in [3.8, 4) is 0 Å². The molecule has 1 amide bonds. The molecule has 0 radical (unpaired) electrons. The van der Waals surface area contributed by atoms with E-state index in [0.29, 0.717) is 24.1 Å². The summed E-state index contributed by atoms with van der Waals surface area (Å²) < 4.78 is 2.15. The van der Waals surface area contributed by atoms with Gasteiger partial charge in [-0.15, -0.1) is 0 Å². The van der Waals surface area contributed by atoms with Gasteiger partial charge in [-0.1, -0.05) is 13.8 Å². The zero-order chi connectivity index (χ0) is 17.6. The number of carbonyl (C=O) groups is 1. The number of nitrogens with one attached hydrogen (secondary N) is 2. The van der Waals surface area contributed by atoms with Crippen LogP contribution in [0.2, 0.25) is 0 Å². The minimum atomic E-state index is -0.0718. The molecule has 3 rings (SSSR count). The van der Waals surface area contributed by atoms with Crippen LogP contribution in [-0.4, -0.2) is 33.0 Å². The van der Waals surface area contributed by atoms with E-state index < -0.39 is 0 Å². The van der Waals surface area contributed by atoms with Crippen molar-refractivity contribution in [1.29, 1.82) is 0 Å². The predicted octanol–water partition coefficient (Wildman–Crippen LogP) is 3.19. The molecule has 0 unspecified atom stereocenters. The summed E-state index contributed by atoms with van der Waals surface area (Å²) in [5.41, 5.74) is 0.602. The average Bonchev–Trinajstić information content (AvgIpc) is 3.04. The molecule has 2 N–H and O–H groups in total. The number of rotatable bonds is 8. The summed E-state index contributed by atoms with van der Waals surface area (Å²) >= 11 is 0. The summed E-state index contributed by atoms with van der Waals surface area (Å²) in [6.07, 6.45) is 10.0. The third-order valence-electron chi connectivity index (χ3n) is 4.61. The minimum absolute atomic E-state index is 0.0718. The standard InChI is InChI=1S/C19H27N5O/c1-14(2)18-20-10-12-24(18)11-4-9-21-19(25)15-7-8-17(22-13-15)23-16-5-3-6-16/h7-8,10,12-14,16H,3-6,9,11H2,1-2H3,(H,21,25)(H,22,23). The van der Waals surface area contributed by atoms with Crippen LogP contribution in [0.1, 0.15) is 61.6 Å². The van der Waals surface area contributed by atoms with Crippen molar-refractivity contribution in [3.63, 3.8) is 0 Å². The van der Waals surface area contributed by atoms with Crippen LogP contribution in [0, 0.1) is 0 Å². The lowest BCUT2D eigenvalue weighted by Crippen LogP contribution is -2.28. The summed E-state index contributed by atoms with van der Waals surface area (Å²) in [5, 5.41) is 6.33. The fraction of sp³-hybridized carbons (Fsp3) is 0.526. The topological polar surface area (TPSA) is 71.8 Å². The molecule has 2 heterocycles. The molecule has 0 spiro atoms. The highest BCUT2D eigenvalue weighted by atomic mass is 16.1. The summed E-state index contributed by atoms with van der Waals surface area (Å²) in [6, 6.07) is 4.26. The number of aryl methyl sites for hydroxylation is 1. The van der Waals surface area contributed by atoms with E-state index >= 15 is 0 Å². The van der Waals surface area contributed by atoms with Crippen LogP contribution in [0.25, 0.3) is 0 Å². The van der Waals surface area contributed by atoms with Gasteiger partial charge in [0.05, 0.1) is 5.56 Å². The first-order valence-corrected chi connectivity index (χ1v) is 9.15. The van der Waals surface area contributed by atoms with Gasteiger partial charge in [0.25, 0.3) is 5.91 Å². The number of amides is 1. The van der Waals surface area contributed by atoms with Gasteiger partial charge in [0.15, 0.2) is 0 Å². The molecule has 2 aromatic rings. The van der Waals surface area contributed by atoms with Gasteiger partial charge in [0.1, 0.15) is 11.6 Å². The Morgan fingerprint density at radius 2 is 2.16 bits per heavy atom. The molecule has 1 fully saturated rings. The first-order chi connectivity index (χ1) is 12.1. The maximum atomic E-state index is 12.2. The summed E-state index contributed by atoms with van der Waals surface area (Å²) in [7, 11) is 0. The Morgan fingerprint density at radius 3 is 2.80 bits per heavy atom. The van der Waals surface area contributed by atoms with E-state index in [-0.39, 0.29) is 5.91 Å². The van der Waals surface area contributed by atoms with Gasteiger partial charge in [-0.2, -0.15) is 0 Å². The maximum Gasteiger partial charge on any atom is 0.252 e. The first kappa shape index (κ1) is 17.5. The summed E-state index contributed by atoms with van der Waals surface area (Å²) in [5.74, 6) is 2.27. The van der Waals surface area contributed by atoms with Crippen LogP contribution in [0.3, 0.4) is 0 Å². The molecular weight excluding hydrogens is 314 g/mol. The van der Waals surface area contributed by atoms with E-state index in [2.05, 4.69) is 39.0 Å². The Kier molecular flexibility index (Phi) is 5.68. The van der Waals surface area contributed by atoms with Gasteiger partial charge in [-0.3, -0.25) is 4.79 Å². The van der Waals surface area contributed by atoms with E-state index in [0.717, 1.165) is 24.6 Å². The zero-order valence-corrected chi connectivity index (χ0v) is 15.0. The van der Waals surface area contributed by atoms with E-state index in [1.807, 2.05) is 24.5 Å². The number of anilines is 1. The molecule has 0 atom stereocenters. The minimum Gasteiger partial charge on any atom is -0.367 e. The normalized spacial score (nSPS) is 14.4. The quantitative estimate of drug-likeness (QED) is 0.723. The van der Waals surface area contributed by atoms with Crippen LogP contribution < -0.4 is 10.6 Å². The Morgan fingerprint density at radius 1 is 1.32 bits per heavy atom. The van der Waals surface area contributed by atoms with Crippen molar-refractivity contribution in [1.82, 2.24) is 19.9 Å². The average molecular weight is 341 g/mol. The highest BCUT2D eigenvalue weighted by molar-refractivity contribution is 5.94. The molecule has 6 heteroatoms. The lowest BCUT2D eigenvalue weighted by atomic mass is 9.93. The van der Waals surface area contributed by atoms with Crippen molar-refractivity contribution >= 4 is 11.7 Å². The Labute approximate surface area is 149 Å². The smallest absolute Gasteiger partial charge is 0.252 e. The number of aromatic nitrogens is 3. The van der Waals surface area contributed by atoms with Crippen LogP contribution in [0.4, 0.5) is 5.82 Å². The fourth-order valence-electron chi connectivity index (χ4n) is 2.94. The Hall–Kier alpha value is -2.37. The van der Waals surface area contributed by atoms with Gasteiger partial charge in [0.2, 0.25) is 0 Å². The molecule has 1 aliphatic rings. The van der Waals surface area contributed by atoms with Crippen LogP contribution >= 0.6 is 0 Å². The van der Waals surface area contributed by atoms with Gasteiger partial charge in [-0.25, -0.2) is 9.97 Å². The maximum absolute atomic E-state index is 12.2. The van der Waals surface area contributed by atoms with Gasteiger partial charge in [0, 0.05) is 43.6 Å². The predicted molar refractivity (Wildman–Crippen MR) is 98.8 cm³/mol. The molecule has 0 bridgehead atoms. The third kappa shape index (κ3) is 4.59. The van der Waals surface area contributed by atoms with Crippen molar-refractivity contribution < 1.29 is 4.79 Å². The number of hydrogen-bond acceptors (Lipinski definition) is 4. The molecule has 1 aliphatic carbocycles. The zero-order valence-electron chi connectivity index (χ0n) is 15.0. The molecule has 1 saturated carbocycles. The SMILES string of the molecule is CC(C)c1nccn1CCCNC(=O)c1ccc(NC2CCC2)nc1. The number of imidazole rings is 1. The van der Waals surface area contributed by atoms with E-state index in [1.165, 1.54) is 19.3 Å². The monoisotopic (exact) mass is 341 g/mol. The fourth-order valence-corrected chi connectivity index (χ4v) is 2.94. The highest BCUT2D eigenvalue weighted by Crippen LogP contribution is 2.22. The summed E-state index contributed by atoms with van der Waals surface area (Å²) in [4.78, 5) is 20.9. The second-order valence-electron chi connectivity index (χ2n) is 6.95. The van der Waals surface area contributed by atoms with Gasteiger partial charge < -0.3 is 15.2 Å².